The van der Waals surface area contributed by atoms with Gasteiger partial charge in [-0.25, -0.2) is 0 Å². The molecule has 84 valence electrons. The maximum absolute atomic E-state index is 10.5. The van der Waals surface area contributed by atoms with Crippen LogP contribution in [-0.4, -0.2) is 30.1 Å². The Hall–Kier alpha value is -1.32. The summed E-state index contributed by atoms with van der Waals surface area (Å²) < 4.78 is 5.73. The maximum atomic E-state index is 10.5. The third kappa shape index (κ3) is 1.44. The number of nitrogens with zero attached hydrogens (tertiary/aromatic N) is 1. The number of hydrogen-bond donors (Lipinski definition) is 1. The van der Waals surface area contributed by atoms with Crippen molar-refractivity contribution in [2.24, 2.45) is 0 Å². The van der Waals surface area contributed by atoms with E-state index in [0.717, 1.165) is 23.9 Å². The van der Waals surface area contributed by atoms with Crippen molar-refractivity contribution >= 4 is 11.0 Å². The molecule has 1 fully saturated rings. The van der Waals surface area contributed by atoms with Gasteiger partial charge < -0.3 is 14.4 Å². The molecule has 0 amide bonds. The summed E-state index contributed by atoms with van der Waals surface area (Å²) >= 11 is 0. The van der Waals surface area contributed by atoms with Crippen molar-refractivity contribution in [2.75, 3.05) is 20.1 Å². The van der Waals surface area contributed by atoms with E-state index in [1.807, 2.05) is 37.4 Å². The van der Waals surface area contributed by atoms with Crippen molar-refractivity contribution in [3.05, 3.63) is 36.1 Å². The van der Waals surface area contributed by atoms with E-state index in [4.69, 9.17) is 4.42 Å². The van der Waals surface area contributed by atoms with Crippen LogP contribution in [0.3, 0.4) is 0 Å². The van der Waals surface area contributed by atoms with Crippen LogP contribution >= 0.6 is 0 Å². The van der Waals surface area contributed by atoms with E-state index in [1.54, 1.807) is 0 Å². The molecule has 1 unspecified atom stereocenters. The number of rotatable bonds is 1. The topological polar surface area (TPSA) is 36.6 Å². The average Bonchev–Trinajstić information content (AvgIpc) is 2.83. The van der Waals surface area contributed by atoms with Crippen LogP contribution in [0.4, 0.5) is 0 Å². The highest BCUT2D eigenvalue weighted by atomic mass is 16.4. The molecule has 1 aliphatic heterocycles. The molecule has 3 nitrogen and oxygen atoms in total. The van der Waals surface area contributed by atoms with E-state index in [9.17, 15) is 5.11 Å². The van der Waals surface area contributed by atoms with Gasteiger partial charge in [0.05, 0.1) is 0 Å². The maximum Gasteiger partial charge on any atom is 0.138 e. The lowest BCUT2D eigenvalue weighted by molar-refractivity contribution is 0.0282. The lowest BCUT2D eigenvalue weighted by Crippen LogP contribution is -2.28. The first-order chi connectivity index (χ1) is 7.67. The molecule has 1 saturated heterocycles. The number of likely N-dealkylation sites (tertiary alicyclic amines) is 1. The second-order valence-electron chi connectivity index (χ2n) is 4.67. The van der Waals surface area contributed by atoms with Crippen molar-refractivity contribution < 1.29 is 9.52 Å². The minimum absolute atomic E-state index is 0.646. The Kier molecular flexibility index (Phi) is 2.06. The zero-order valence-corrected chi connectivity index (χ0v) is 9.31. The van der Waals surface area contributed by atoms with Crippen molar-refractivity contribution in [3.63, 3.8) is 0 Å². The van der Waals surface area contributed by atoms with Crippen molar-refractivity contribution in [1.82, 2.24) is 4.90 Å². The van der Waals surface area contributed by atoms with Crippen LogP contribution in [0, 0.1) is 0 Å². The Balaban J connectivity index is 2.06. The Morgan fingerprint density at radius 3 is 2.88 bits per heavy atom. The van der Waals surface area contributed by atoms with Gasteiger partial charge in [0.15, 0.2) is 0 Å². The molecule has 1 aliphatic rings. The highest BCUT2D eigenvalue weighted by Crippen LogP contribution is 2.34. The summed E-state index contributed by atoms with van der Waals surface area (Å²) in [6, 6.07) is 9.81. The first-order valence-electron chi connectivity index (χ1n) is 5.57. The summed E-state index contributed by atoms with van der Waals surface area (Å²) in [5.74, 6) is 0.693. The van der Waals surface area contributed by atoms with Gasteiger partial charge in [0.2, 0.25) is 0 Å². The fourth-order valence-electron chi connectivity index (χ4n) is 2.39. The number of β-amino-alcohol motifs (C(OH)–C–C–N with tert-alkyl or cyclic N) is 1. The quantitative estimate of drug-likeness (QED) is 0.793. The Morgan fingerprint density at radius 1 is 1.38 bits per heavy atom. The summed E-state index contributed by atoms with van der Waals surface area (Å²) in [6.07, 6.45) is 0.739. The minimum Gasteiger partial charge on any atom is -0.458 e. The zero-order chi connectivity index (χ0) is 11.2. The van der Waals surface area contributed by atoms with E-state index in [1.165, 1.54) is 0 Å². The molecule has 3 rings (SSSR count). The smallest absolute Gasteiger partial charge is 0.138 e. The van der Waals surface area contributed by atoms with E-state index in [2.05, 4.69) is 4.90 Å². The summed E-state index contributed by atoms with van der Waals surface area (Å²) in [5.41, 5.74) is 0.0359. The lowest BCUT2D eigenvalue weighted by Gasteiger charge is -2.19. The number of hydrogen-bond acceptors (Lipinski definition) is 3. The third-order valence-electron chi connectivity index (χ3n) is 3.32. The summed E-state index contributed by atoms with van der Waals surface area (Å²) in [5, 5.41) is 11.6. The zero-order valence-electron chi connectivity index (χ0n) is 9.31. The number of fused-ring (bicyclic) bond motifs is 1. The van der Waals surface area contributed by atoms with E-state index in [0.29, 0.717) is 12.3 Å². The Bertz CT molecular complexity index is 486. The van der Waals surface area contributed by atoms with Crippen LogP contribution in [0.2, 0.25) is 0 Å². The van der Waals surface area contributed by atoms with Crippen LogP contribution < -0.4 is 0 Å². The molecule has 1 aromatic heterocycles. The fraction of sp³-hybridized carbons (Fsp3) is 0.385. The van der Waals surface area contributed by atoms with Crippen molar-refractivity contribution in [1.29, 1.82) is 0 Å². The van der Waals surface area contributed by atoms with Crippen molar-refractivity contribution in [2.45, 2.75) is 12.0 Å². The summed E-state index contributed by atoms with van der Waals surface area (Å²) in [6.45, 7) is 1.56. The minimum atomic E-state index is -0.812. The molecule has 1 N–H and O–H groups in total. The monoisotopic (exact) mass is 217 g/mol. The van der Waals surface area contributed by atoms with E-state index in [-0.39, 0.29) is 0 Å². The molecular formula is C13H15NO2. The highest BCUT2D eigenvalue weighted by molar-refractivity contribution is 5.77. The molecule has 16 heavy (non-hydrogen) atoms. The standard InChI is InChI=1S/C13H15NO2/c1-14-7-6-13(15,9-14)12-8-10-4-2-3-5-11(10)16-12/h2-5,8,15H,6-7,9H2,1H3. The molecule has 2 aromatic rings. The number of furan rings is 1. The van der Waals surface area contributed by atoms with Crippen LogP contribution in [0.15, 0.2) is 34.7 Å². The van der Waals surface area contributed by atoms with Gasteiger partial charge in [-0.05, 0) is 25.6 Å². The lowest BCUT2D eigenvalue weighted by atomic mass is 10.00. The number of aliphatic hydroxyl groups is 1. The molecule has 0 aliphatic carbocycles. The van der Waals surface area contributed by atoms with Gasteiger partial charge in [-0.3, -0.25) is 0 Å². The Labute approximate surface area is 94.3 Å². The van der Waals surface area contributed by atoms with Crippen molar-refractivity contribution in [3.8, 4) is 0 Å². The summed E-state index contributed by atoms with van der Waals surface area (Å²) in [7, 11) is 2.01. The SMILES string of the molecule is CN1CCC(O)(c2cc3ccccc3o2)C1. The molecule has 0 saturated carbocycles. The fourth-order valence-corrected chi connectivity index (χ4v) is 2.39. The molecule has 0 bridgehead atoms. The molecule has 0 radical (unpaired) electrons. The van der Waals surface area contributed by atoms with Crippen LogP contribution in [0.1, 0.15) is 12.2 Å². The first-order valence-corrected chi connectivity index (χ1v) is 5.57. The van der Waals surface area contributed by atoms with Crippen LogP contribution in [0.5, 0.6) is 0 Å². The Morgan fingerprint density at radius 2 is 2.19 bits per heavy atom. The van der Waals surface area contributed by atoms with Gasteiger partial charge >= 0.3 is 0 Å². The number of likely N-dealkylation sites (N-methyl/N-ethyl adjacent to an activating group) is 1. The summed E-state index contributed by atoms with van der Waals surface area (Å²) in [4.78, 5) is 2.12. The molecule has 0 spiro atoms. The van der Waals surface area contributed by atoms with Gasteiger partial charge in [0.1, 0.15) is 16.9 Å². The van der Waals surface area contributed by atoms with Gasteiger partial charge in [0.25, 0.3) is 0 Å². The van der Waals surface area contributed by atoms with Crippen LogP contribution in [0.25, 0.3) is 11.0 Å². The van der Waals surface area contributed by atoms with Gasteiger partial charge in [-0.1, -0.05) is 18.2 Å². The average molecular weight is 217 g/mol. The third-order valence-corrected chi connectivity index (χ3v) is 3.32. The van der Waals surface area contributed by atoms with Crippen LogP contribution in [-0.2, 0) is 5.60 Å². The first kappa shape index (κ1) is 9.87. The van der Waals surface area contributed by atoms with Gasteiger partial charge in [0, 0.05) is 18.5 Å². The van der Waals surface area contributed by atoms with E-state index < -0.39 is 5.60 Å². The highest BCUT2D eigenvalue weighted by Gasteiger charge is 2.39. The largest absolute Gasteiger partial charge is 0.458 e. The normalized spacial score (nSPS) is 26.6. The predicted molar refractivity (Wildman–Crippen MR) is 62.2 cm³/mol. The van der Waals surface area contributed by atoms with Gasteiger partial charge in [-0.2, -0.15) is 0 Å². The molecule has 1 atom stereocenters. The number of para-hydroxylation sites is 1. The van der Waals surface area contributed by atoms with Gasteiger partial charge in [-0.15, -0.1) is 0 Å². The molecule has 3 heteroatoms. The second kappa shape index (κ2) is 3.34. The van der Waals surface area contributed by atoms with E-state index >= 15 is 0 Å². The predicted octanol–water partition coefficient (Wildman–Crippen LogP) is 1.96. The molecule has 2 heterocycles. The molecule has 1 aromatic carbocycles. The second-order valence-corrected chi connectivity index (χ2v) is 4.67. The molecular weight excluding hydrogens is 202 g/mol. The number of benzene rings is 1.